The average Bonchev–Trinajstić information content (AvgIpc) is 2.75. The van der Waals surface area contributed by atoms with E-state index in [1.807, 2.05) is 24.3 Å². The Morgan fingerprint density at radius 2 is 2.14 bits per heavy atom. The van der Waals surface area contributed by atoms with E-state index in [0.717, 1.165) is 26.1 Å². The van der Waals surface area contributed by atoms with Crippen molar-refractivity contribution in [3.8, 4) is 0 Å². The summed E-state index contributed by atoms with van der Waals surface area (Å²) >= 11 is 5.12. The lowest BCUT2D eigenvalue weighted by atomic mass is 10.2. The summed E-state index contributed by atoms with van der Waals surface area (Å²) in [5.41, 5.74) is 5.24. The van der Waals surface area contributed by atoms with Crippen LogP contribution in [0.1, 0.15) is 16.0 Å². The molecule has 0 saturated carbocycles. The van der Waals surface area contributed by atoms with Gasteiger partial charge in [0, 0.05) is 9.35 Å². The molecular weight excluding hydrogens is 348 g/mol. The van der Waals surface area contributed by atoms with Crippen molar-refractivity contribution < 1.29 is 0 Å². The zero-order valence-electron chi connectivity index (χ0n) is 11.6. The molecule has 1 aromatic carbocycles. The maximum absolute atomic E-state index is 4.31. The van der Waals surface area contributed by atoms with Crippen LogP contribution in [0.5, 0.6) is 0 Å². The first-order valence-electron chi connectivity index (χ1n) is 6.40. The molecule has 2 heterocycles. The SMILES string of the molecule is Cc1sc2ncnc(N/N=C\c3cccc(Br)c3)c2c1C. The zero-order chi connectivity index (χ0) is 14.8. The van der Waals surface area contributed by atoms with E-state index in [1.165, 1.54) is 10.4 Å². The second-order valence-electron chi connectivity index (χ2n) is 4.61. The van der Waals surface area contributed by atoms with Crippen LogP contribution in [-0.4, -0.2) is 16.2 Å². The van der Waals surface area contributed by atoms with Gasteiger partial charge in [0.05, 0.1) is 11.6 Å². The largest absolute Gasteiger partial charge is 0.261 e. The van der Waals surface area contributed by atoms with E-state index >= 15 is 0 Å². The number of anilines is 1. The number of hydrazone groups is 1. The van der Waals surface area contributed by atoms with Crippen LogP contribution in [-0.2, 0) is 0 Å². The number of aryl methyl sites for hydroxylation is 2. The van der Waals surface area contributed by atoms with Crippen molar-refractivity contribution in [1.29, 1.82) is 0 Å². The Labute approximate surface area is 135 Å². The Morgan fingerprint density at radius 3 is 2.95 bits per heavy atom. The Morgan fingerprint density at radius 1 is 1.29 bits per heavy atom. The highest BCUT2D eigenvalue weighted by Gasteiger charge is 2.11. The molecule has 3 aromatic rings. The van der Waals surface area contributed by atoms with Gasteiger partial charge >= 0.3 is 0 Å². The molecule has 0 fully saturated rings. The van der Waals surface area contributed by atoms with Crippen molar-refractivity contribution in [2.45, 2.75) is 13.8 Å². The number of aromatic nitrogens is 2. The van der Waals surface area contributed by atoms with Gasteiger partial charge in [-0.3, -0.25) is 5.43 Å². The first kappa shape index (κ1) is 14.2. The number of benzene rings is 1. The molecule has 0 radical (unpaired) electrons. The van der Waals surface area contributed by atoms with E-state index in [4.69, 9.17) is 0 Å². The van der Waals surface area contributed by atoms with Crippen molar-refractivity contribution in [2.24, 2.45) is 5.10 Å². The van der Waals surface area contributed by atoms with Gasteiger partial charge in [-0.25, -0.2) is 9.97 Å². The number of fused-ring (bicyclic) bond motifs is 1. The lowest BCUT2D eigenvalue weighted by Crippen LogP contribution is -1.95. The number of rotatable bonds is 3. The summed E-state index contributed by atoms with van der Waals surface area (Å²) in [6.07, 6.45) is 3.34. The summed E-state index contributed by atoms with van der Waals surface area (Å²) in [6, 6.07) is 7.95. The number of thiophene rings is 1. The first-order valence-corrected chi connectivity index (χ1v) is 8.01. The van der Waals surface area contributed by atoms with Crippen LogP contribution < -0.4 is 5.43 Å². The second-order valence-corrected chi connectivity index (χ2v) is 6.73. The molecule has 0 unspecified atom stereocenters. The normalized spacial score (nSPS) is 11.4. The molecule has 0 aliphatic heterocycles. The Hall–Kier alpha value is -1.79. The highest BCUT2D eigenvalue weighted by atomic mass is 79.9. The minimum atomic E-state index is 0.744. The Kier molecular flexibility index (Phi) is 3.98. The predicted molar refractivity (Wildman–Crippen MR) is 92.2 cm³/mol. The van der Waals surface area contributed by atoms with Crippen molar-refractivity contribution in [2.75, 3.05) is 5.43 Å². The van der Waals surface area contributed by atoms with E-state index < -0.39 is 0 Å². The monoisotopic (exact) mass is 360 g/mol. The summed E-state index contributed by atoms with van der Waals surface area (Å²) in [5.74, 6) is 0.744. The molecule has 0 bridgehead atoms. The van der Waals surface area contributed by atoms with Crippen molar-refractivity contribution >= 4 is 49.5 Å². The average molecular weight is 361 g/mol. The fourth-order valence-corrected chi connectivity index (χ4v) is 3.44. The minimum absolute atomic E-state index is 0.744. The maximum atomic E-state index is 4.31. The molecular formula is C15H13BrN4S. The van der Waals surface area contributed by atoms with Gasteiger partial charge in [-0.1, -0.05) is 28.1 Å². The highest BCUT2D eigenvalue weighted by Crippen LogP contribution is 2.32. The topological polar surface area (TPSA) is 50.2 Å². The molecule has 6 heteroatoms. The molecule has 0 aliphatic rings. The van der Waals surface area contributed by atoms with Gasteiger partial charge in [0.15, 0.2) is 5.82 Å². The van der Waals surface area contributed by atoms with Crippen LogP contribution in [0.15, 0.2) is 40.2 Å². The lowest BCUT2D eigenvalue weighted by Gasteiger charge is -2.02. The van der Waals surface area contributed by atoms with Gasteiger partial charge in [0.2, 0.25) is 0 Å². The van der Waals surface area contributed by atoms with E-state index in [9.17, 15) is 0 Å². The molecule has 3 rings (SSSR count). The summed E-state index contributed by atoms with van der Waals surface area (Å²) in [6.45, 7) is 4.18. The fourth-order valence-electron chi connectivity index (χ4n) is 2.02. The van der Waals surface area contributed by atoms with Crippen LogP contribution in [0, 0.1) is 13.8 Å². The first-order chi connectivity index (χ1) is 10.1. The maximum Gasteiger partial charge on any atom is 0.158 e. The van der Waals surface area contributed by atoms with Crippen LogP contribution >= 0.6 is 27.3 Å². The van der Waals surface area contributed by atoms with E-state index in [0.29, 0.717) is 0 Å². The van der Waals surface area contributed by atoms with Gasteiger partial charge in [0.25, 0.3) is 0 Å². The molecule has 21 heavy (non-hydrogen) atoms. The quantitative estimate of drug-likeness (QED) is 0.551. The molecule has 0 atom stereocenters. The Bertz CT molecular complexity index is 826. The van der Waals surface area contributed by atoms with Gasteiger partial charge in [0.1, 0.15) is 11.2 Å². The van der Waals surface area contributed by atoms with Crippen LogP contribution in [0.25, 0.3) is 10.2 Å². The van der Waals surface area contributed by atoms with Crippen LogP contribution in [0.3, 0.4) is 0 Å². The zero-order valence-corrected chi connectivity index (χ0v) is 14.0. The number of nitrogens with zero attached hydrogens (tertiary/aromatic N) is 3. The summed E-state index contributed by atoms with van der Waals surface area (Å²) in [5, 5.41) is 5.32. The molecule has 4 nitrogen and oxygen atoms in total. The third-order valence-corrected chi connectivity index (χ3v) is 4.81. The molecule has 0 spiro atoms. The lowest BCUT2D eigenvalue weighted by molar-refractivity contribution is 1.19. The molecule has 1 N–H and O–H groups in total. The van der Waals surface area contributed by atoms with Gasteiger partial charge in [-0.05, 0) is 37.1 Å². The molecule has 0 aliphatic carbocycles. The van der Waals surface area contributed by atoms with Gasteiger partial charge in [-0.2, -0.15) is 5.10 Å². The van der Waals surface area contributed by atoms with Crippen molar-refractivity contribution in [3.05, 3.63) is 51.1 Å². The van der Waals surface area contributed by atoms with Crippen molar-refractivity contribution in [1.82, 2.24) is 9.97 Å². The summed E-state index contributed by atoms with van der Waals surface area (Å²) in [7, 11) is 0. The number of nitrogens with one attached hydrogen (secondary N) is 1. The molecule has 106 valence electrons. The third-order valence-electron chi connectivity index (χ3n) is 3.20. The third kappa shape index (κ3) is 2.96. The van der Waals surface area contributed by atoms with Crippen molar-refractivity contribution in [3.63, 3.8) is 0 Å². The smallest absolute Gasteiger partial charge is 0.158 e. The van der Waals surface area contributed by atoms with Crippen LogP contribution in [0.2, 0.25) is 0 Å². The van der Waals surface area contributed by atoms with Gasteiger partial charge in [-0.15, -0.1) is 11.3 Å². The molecule has 0 amide bonds. The number of halogens is 1. The summed E-state index contributed by atoms with van der Waals surface area (Å²) < 4.78 is 1.03. The number of hydrogen-bond acceptors (Lipinski definition) is 5. The van der Waals surface area contributed by atoms with E-state index in [1.54, 1.807) is 23.9 Å². The summed E-state index contributed by atoms with van der Waals surface area (Å²) in [4.78, 5) is 10.8. The molecule has 0 saturated heterocycles. The molecule has 2 aromatic heterocycles. The fraction of sp³-hybridized carbons (Fsp3) is 0.133. The van der Waals surface area contributed by atoms with E-state index in [-0.39, 0.29) is 0 Å². The van der Waals surface area contributed by atoms with Crippen LogP contribution in [0.4, 0.5) is 5.82 Å². The van der Waals surface area contributed by atoms with Gasteiger partial charge < -0.3 is 0 Å². The number of hydrogen-bond donors (Lipinski definition) is 1. The standard InChI is InChI=1S/C15H13BrN4S/c1-9-10(2)21-15-13(9)14(17-8-18-15)20-19-7-11-4-3-5-12(16)6-11/h3-8H,1-2H3,(H,17,18,20)/b19-7-. The minimum Gasteiger partial charge on any atom is -0.261 e. The predicted octanol–water partition coefficient (Wildman–Crippen LogP) is 4.52. The van der Waals surface area contributed by atoms with E-state index in [2.05, 4.69) is 50.3 Å². The Balaban J connectivity index is 1.89. The highest BCUT2D eigenvalue weighted by molar-refractivity contribution is 9.10. The second kappa shape index (κ2) is 5.91.